The molecule has 0 N–H and O–H groups in total. The second-order valence-corrected chi connectivity index (χ2v) is 5.34. The maximum atomic E-state index is 5.30. The number of hydrogen-bond donors (Lipinski definition) is 0. The second kappa shape index (κ2) is 5.34. The van der Waals surface area contributed by atoms with Gasteiger partial charge in [0.25, 0.3) is 0 Å². The first-order chi connectivity index (χ1) is 10.8. The minimum absolute atomic E-state index is 0.483. The van der Waals surface area contributed by atoms with E-state index in [1.54, 1.807) is 12.3 Å². The lowest BCUT2D eigenvalue weighted by atomic mass is 10.1. The molecule has 1 aliphatic rings. The van der Waals surface area contributed by atoms with Crippen molar-refractivity contribution >= 4 is 0 Å². The minimum atomic E-state index is 0.483. The van der Waals surface area contributed by atoms with Gasteiger partial charge >= 0.3 is 0 Å². The van der Waals surface area contributed by atoms with E-state index in [-0.39, 0.29) is 0 Å². The molecule has 0 saturated carbocycles. The molecule has 7 nitrogen and oxygen atoms in total. The van der Waals surface area contributed by atoms with Crippen LogP contribution in [0.25, 0.3) is 11.6 Å². The van der Waals surface area contributed by atoms with Crippen LogP contribution in [0.3, 0.4) is 0 Å². The molecule has 112 valence electrons. The van der Waals surface area contributed by atoms with Gasteiger partial charge in [-0.3, -0.25) is 4.90 Å². The fourth-order valence-corrected chi connectivity index (χ4v) is 2.63. The molecule has 0 aliphatic carbocycles. The molecule has 3 aromatic heterocycles. The van der Waals surface area contributed by atoms with E-state index in [1.807, 2.05) is 19.2 Å². The molecule has 0 unspecified atom stereocenters. The topological polar surface area (TPSA) is 81.1 Å². The SMILES string of the molecule is Cc1ncc2c(n1)CCN(Cc1nc(-c3ccco3)no1)C2. The molecule has 22 heavy (non-hydrogen) atoms. The van der Waals surface area contributed by atoms with E-state index >= 15 is 0 Å². The first-order valence-electron chi connectivity index (χ1n) is 7.18. The average Bonchev–Trinajstić information content (AvgIpc) is 3.18. The maximum absolute atomic E-state index is 5.30. The van der Waals surface area contributed by atoms with Gasteiger partial charge in [0.2, 0.25) is 11.7 Å². The third-order valence-corrected chi connectivity index (χ3v) is 3.70. The Kier molecular flexibility index (Phi) is 3.19. The quantitative estimate of drug-likeness (QED) is 0.731. The summed E-state index contributed by atoms with van der Waals surface area (Å²) in [5, 5.41) is 3.95. The predicted octanol–water partition coefficient (Wildman–Crippen LogP) is 1.99. The Balaban J connectivity index is 1.47. The molecule has 1 aliphatic heterocycles. The van der Waals surface area contributed by atoms with Crippen LogP contribution >= 0.6 is 0 Å². The third-order valence-electron chi connectivity index (χ3n) is 3.70. The zero-order valence-corrected chi connectivity index (χ0v) is 12.2. The highest BCUT2D eigenvalue weighted by Gasteiger charge is 2.20. The number of rotatable bonds is 3. The van der Waals surface area contributed by atoms with Crippen molar-refractivity contribution in [2.24, 2.45) is 0 Å². The highest BCUT2D eigenvalue weighted by Crippen LogP contribution is 2.20. The van der Waals surface area contributed by atoms with Crippen LogP contribution in [-0.2, 0) is 19.5 Å². The van der Waals surface area contributed by atoms with Gasteiger partial charge in [-0.2, -0.15) is 4.98 Å². The number of aromatic nitrogens is 4. The molecule has 7 heteroatoms. The van der Waals surface area contributed by atoms with Gasteiger partial charge in [0, 0.05) is 37.0 Å². The van der Waals surface area contributed by atoms with Gasteiger partial charge in [0.1, 0.15) is 5.82 Å². The Hall–Kier alpha value is -2.54. The van der Waals surface area contributed by atoms with Crippen molar-refractivity contribution in [1.82, 2.24) is 25.0 Å². The largest absolute Gasteiger partial charge is 0.461 e. The first kappa shape index (κ1) is 13.1. The Bertz CT molecular complexity index is 781. The summed E-state index contributed by atoms with van der Waals surface area (Å²) < 4.78 is 10.6. The summed E-state index contributed by atoms with van der Waals surface area (Å²) in [5.41, 5.74) is 2.31. The lowest BCUT2D eigenvalue weighted by Gasteiger charge is -2.26. The van der Waals surface area contributed by atoms with Crippen molar-refractivity contribution in [3.63, 3.8) is 0 Å². The van der Waals surface area contributed by atoms with E-state index < -0.39 is 0 Å². The Morgan fingerprint density at radius 1 is 1.32 bits per heavy atom. The fraction of sp³-hybridized carbons (Fsp3) is 0.333. The molecule has 0 aromatic carbocycles. The Morgan fingerprint density at radius 3 is 3.14 bits per heavy atom. The van der Waals surface area contributed by atoms with Crippen molar-refractivity contribution in [2.75, 3.05) is 6.54 Å². The molecule has 0 atom stereocenters. The van der Waals surface area contributed by atoms with Crippen LogP contribution in [0.15, 0.2) is 33.5 Å². The lowest BCUT2D eigenvalue weighted by Crippen LogP contribution is -2.31. The van der Waals surface area contributed by atoms with Gasteiger partial charge in [0.15, 0.2) is 5.76 Å². The molecule has 4 heterocycles. The second-order valence-electron chi connectivity index (χ2n) is 5.34. The predicted molar refractivity (Wildman–Crippen MR) is 76.6 cm³/mol. The van der Waals surface area contributed by atoms with Crippen molar-refractivity contribution in [1.29, 1.82) is 0 Å². The summed E-state index contributed by atoms with van der Waals surface area (Å²) in [6.45, 7) is 4.25. The number of aryl methyl sites for hydroxylation is 1. The van der Waals surface area contributed by atoms with Crippen molar-refractivity contribution in [3.05, 3.63) is 47.6 Å². The van der Waals surface area contributed by atoms with Crippen molar-refractivity contribution in [3.8, 4) is 11.6 Å². The van der Waals surface area contributed by atoms with Crippen LogP contribution in [0.2, 0.25) is 0 Å². The third kappa shape index (κ3) is 2.50. The highest BCUT2D eigenvalue weighted by molar-refractivity contribution is 5.44. The monoisotopic (exact) mass is 297 g/mol. The summed E-state index contributed by atoms with van der Waals surface area (Å²) in [5.74, 6) is 2.51. The Morgan fingerprint density at radius 2 is 2.27 bits per heavy atom. The van der Waals surface area contributed by atoms with E-state index in [0.29, 0.717) is 24.0 Å². The average molecular weight is 297 g/mol. The molecule has 0 spiro atoms. The molecule has 0 amide bonds. The van der Waals surface area contributed by atoms with Gasteiger partial charge in [-0.05, 0) is 19.1 Å². The van der Waals surface area contributed by atoms with E-state index in [0.717, 1.165) is 31.0 Å². The highest BCUT2D eigenvalue weighted by atomic mass is 16.5. The summed E-state index contributed by atoms with van der Waals surface area (Å²) >= 11 is 0. The van der Waals surface area contributed by atoms with E-state index in [1.165, 1.54) is 5.56 Å². The van der Waals surface area contributed by atoms with Crippen molar-refractivity contribution in [2.45, 2.75) is 26.4 Å². The molecule has 0 radical (unpaired) electrons. The normalized spacial score (nSPS) is 15.0. The number of fused-ring (bicyclic) bond motifs is 1. The van der Waals surface area contributed by atoms with Gasteiger partial charge in [-0.25, -0.2) is 9.97 Å². The lowest BCUT2D eigenvalue weighted by molar-refractivity contribution is 0.208. The molecular formula is C15H15N5O2. The van der Waals surface area contributed by atoms with E-state index in [4.69, 9.17) is 8.94 Å². The van der Waals surface area contributed by atoms with Crippen LogP contribution < -0.4 is 0 Å². The molecular weight excluding hydrogens is 282 g/mol. The molecule has 3 aromatic rings. The van der Waals surface area contributed by atoms with Gasteiger partial charge in [-0.15, -0.1) is 0 Å². The van der Waals surface area contributed by atoms with Crippen molar-refractivity contribution < 1.29 is 8.94 Å². The van der Waals surface area contributed by atoms with Gasteiger partial charge in [-0.1, -0.05) is 5.16 Å². The number of nitrogens with zero attached hydrogens (tertiary/aromatic N) is 5. The van der Waals surface area contributed by atoms with Crippen LogP contribution in [0.1, 0.15) is 23.0 Å². The minimum Gasteiger partial charge on any atom is -0.461 e. The summed E-state index contributed by atoms with van der Waals surface area (Å²) in [4.78, 5) is 15.4. The smallest absolute Gasteiger partial charge is 0.241 e. The molecule has 0 fully saturated rings. The molecule has 0 bridgehead atoms. The number of hydrogen-bond acceptors (Lipinski definition) is 7. The van der Waals surface area contributed by atoms with E-state index in [2.05, 4.69) is 25.0 Å². The standard InChI is InChI=1S/C15H15N5O2/c1-10-16-7-11-8-20(5-4-12(11)17-10)9-14-18-15(19-22-14)13-3-2-6-21-13/h2-3,6-7H,4-5,8-9H2,1H3. The van der Waals surface area contributed by atoms with Crippen LogP contribution in [-0.4, -0.2) is 31.6 Å². The van der Waals surface area contributed by atoms with Gasteiger partial charge in [0.05, 0.1) is 12.8 Å². The molecule has 0 saturated heterocycles. The maximum Gasteiger partial charge on any atom is 0.241 e. The zero-order chi connectivity index (χ0) is 14.9. The number of furan rings is 1. The summed E-state index contributed by atoms with van der Waals surface area (Å²) in [6.07, 6.45) is 4.42. The summed E-state index contributed by atoms with van der Waals surface area (Å²) in [7, 11) is 0. The summed E-state index contributed by atoms with van der Waals surface area (Å²) in [6, 6.07) is 3.61. The Labute approximate surface area is 127 Å². The van der Waals surface area contributed by atoms with Crippen LogP contribution in [0.4, 0.5) is 0 Å². The van der Waals surface area contributed by atoms with Crippen LogP contribution in [0.5, 0.6) is 0 Å². The van der Waals surface area contributed by atoms with Crippen LogP contribution in [0, 0.1) is 6.92 Å². The first-order valence-corrected chi connectivity index (χ1v) is 7.18. The zero-order valence-electron chi connectivity index (χ0n) is 12.2. The van der Waals surface area contributed by atoms with E-state index in [9.17, 15) is 0 Å². The molecule has 4 rings (SSSR count). The fourth-order valence-electron chi connectivity index (χ4n) is 2.63. The van der Waals surface area contributed by atoms with Gasteiger partial charge < -0.3 is 8.94 Å².